The highest BCUT2D eigenvalue weighted by Crippen LogP contribution is 2.20. The van der Waals surface area contributed by atoms with Gasteiger partial charge in [0.2, 0.25) is 0 Å². The van der Waals surface area contributed by atoms with Crippen LogP contribution in [0.1, 0.15) is 17.5 Å². The Morgan fingerprint density at radius 3 is 2.71 bits per heavy atom. The van der Waals surface area contributed by atoms with Crippen LogP contribution in [0.3, 0.4) is 0 Å². The summed E-state index contributed by atoms with van der Waals surface area (Å²) in [4.78, 5) is 13.0. The van der Waals surface area contributed by atoms with E-state index in [4.69, 9.17) is 5.11 Å². The molecule has 0 aliphatic carbocycles. The normalized spacial score (nSPS) is 10.6. The van der Waals surface area contributed by atoms with E-state index in [9.17, 15) is 4.79 Å². The van der Waals surface area contributed by atoms with Gasteiger partial charge < -0.3 is 10.0 Å². The molecule has 2 rings (SSSR count). The predicted molar refractivity (Wildman–Crippen MR) is 82.6 cm³/mol. The van der Waals surface area contributed by atoms with Gasteiger partial charge in [0.1, 0.15) is 0 Å². The molecule has 5 nitrogen and oxygen atoms in total. The highest BCUT2D eigenvalue weighted by Gasteiger charge is 2.11. The number of nitrogens with zero attached hydrogens (tertiary/aromatic N) is 3. The van der Waals surface area contributed by atoms with E-state index in [1.54, 1.807) is 4.68 Å². The molecule has 0 bridgehead atoms. The number of carboxylic acid groups (broad SMARTS) is 1. The SMILES string of the molecule is Cc1ccccc1N(CCC(=O)O)CCc1cnn(C)c1. The molecule has 1 N–H and O–H groups in total. The molecular weight excluding hydrogens is 266 g/mol. The van der Waals surface area contributed by atoms with Gasteiger partial charge in [-0.1, -0.05) is 18.2 Å². The van der Waals surface area contributed by atoms with E-state index in [2.05, 4.69) is 10.00 Å². The van der Waals surface area contributed by atoms with Gasteiger partial charge in [0, 0.05) is 32.0 Å². The minimum Gasteiger partial charge on any atom is -0.481 e. The zero-order valence-electron chi connectivity index (χ0n) is 12.5. The molecule has 5 heteroatoms. The number of carbonyl (C=O) groups is 1. The van der Waals surface area contributed by atoms with Gasteiger partial charge in [-0.05, 0) is 30.5 Å². The van der Waals surface area contributed by atoms with Crippen molar-refractivity contribution in [3.8, 4) is 0 Å². The van der Waals surface area contributed by atoms with Gasteiger partial charge in [-0.15, -0.1) is 0 Å². The lowest BCUT2D eigenvalue weighted by Gasteiger charge is -2.25. The molecule has 0 radical (unpaired) electrons. The van der Waals surface area contributed by atoms with Crippen LogP contribution in [0.4, 0.5) is 5.69 Å². The van der Waals surface area contributed by atoms with Crippen molar-refractivity contribution in [3.05, 3.63) is 47.8 Å². The Morgan fingerprint density at radius 1 is 1.33 bits per heavy atom. The maximum atomic E-state index is 10.9. The third-order valence-corrected chi connectivity index (χ3v) is 3.48. The monoisotopic (exact) mass is 287 g/mol. The summed E-state index contributed by atoms with van der Waals surface area (Å²) in [6, 6.07) is 8.07. The Labute approximate surface area is 124 Å². The van der Waals surface area contributed by atoms with Crippen LogP contribution < -0.4 is 4.90 Å². The van der Waals surface area contributed by atoms with Crippen molar-refractivity contribution in [1.82, 2.24) is 9.78 Å². The fourth-order valence-electron chi connectivity index (χ4n) is 2.37. The number of aliphatic carboxylic acids is 1. The number of rotatable bonds is 7. The summed E-state index contributed by atoms with van der Waals surface area (Å²) >= 11 is 0. The summed E-state index contributed by atoms with van der Waals surface area (Å²) in [6.07, 6.45) is 4.84. The largest absolute Gasteiger partial charge is 0.481 e. The molecule has 1 aromatic carbocycles. The fraction of sp³-hybridized carbons (Fsp3) is 0.375. The van der Waals surface area contributed by atoms with E-state index in [-0.39, 0.29) is 6.42 Å². The van der Waals surface area contributed by atoms with Crippen molar-refractivity contribution in [2.75, 3.05) is 18.0 Å². The van der Waals surface area contributed by atoms with Gasteiger partial charge in [0.15, 0.2) is 0 Å². The van der Waals surface area contributed by atoms with Crippen molar-refractivity contribution in [3.63, 3.8) is 0 Å². The van der Waals surface area contributed by atoms with Gasteiger partial charge in [0.05, 0.1) is 12.6 Å². The smallest absolute Gasteiger partial charge is 0.305 e. The first-order chi connectivity index (χ1) is 10.1. The third-order valence-electron chi connectivity index (χ3n) is 3.48. The van der Waals surface area contributed by atoms with Crippen molar-refractivity contribution in [1.29, 1.82) is 0 Å². The lowest BCUT2D eigenvalue weighted by molar-refractivity contribution is -0.136. The molecule has 0 fully saturated rings. The minimum absolute atomic E-state index is 0.140. The number of aromatic nitrogens is 2. The molecule has 0 amide bonds. The predicted octanol–water partition coefficient (Wildman–Crippen LogP) is 2.25. The van der Waals surface area contributed by atoms with Gasteiger partial charge in [-0.25, -0.2) is 0 Å². The quantitative estimate of drug-likeness (QED) is 0.848. The van der Waals surface area contributed by atoms with Gasteiger partial charge in [-0.2, -0.15) is 5.10 Å². The summed E-state index contributed by atoms with van der Waals surface area (Å²) < 4.78 is 1.78. The first-order valence-corrected chi connectivity index (χ1v) is 7.06. The molecule has 0 unspecified atom stereocenters. The highest BCUT2D eigenvalue weighted by atomic mass is 16.4. The number of carboxylic acids is 1. The summed E-state index contributed by atoms with van der Waals surface area (Å²) in [5.41, 5.74) is 3.42. The van der Waals surface area contributed by atoms with E-state index in [0.29, 0.717) is 6.54 Å². The molecule has 0 aliphatic rings. The average molecular weight is 287 g/mol. The Morgan fingerprint density at radius 2 is 2.10 bits per heavy atom. The number of hydrogen-bond donors (Lipinski definition) is 1. The summed E-state index contributed by atoms with van der Waals surface area (Å²) in [7, 11) is 1.90. The topological polar surface area (TPSA) is 58.4 Å². The standard InChI is InChI=1S/C16H21N3O2/c1-13-5-3-4-6-15(13)19(10-8-16(20)21)9-7-14-11-17-18(2)12-14/h3-6,11-12H,7-10H2,1-2H3,(H,20,21). The lowest BCUT2D eigenvalue weighted by atomic mass is 10.1. The van der Waals surface area contributed by atoms with Crippen LogP contribution >= 0.6 is 0 Å². The lowest BCUT2D eigenvalue weighted by Crippen LogP contribution is -2.29. The van der Waals surface area contributed by atoms with Crippen molar-refractivity contribution >= 4 is 11.7 Å². The zero-order valence-corrected chi connectivity index (χ0v) is 12.5. The second-order valence-electron chi connectivity index (χ2n) is 5.19. The van der Waals surface area contributed by atoms with Crippen molar-refractivity contribution < 1.29 is 9.90 Å². The Hall–Kier alpha value is -2.30. The van der Waals surface area contributed by atoms with E-state index in [0.717, 1.165) is 29.8 Å². The second kappa shape index (κ2) is 6.92. The maximum absolute atomic E-state index is 10.9. The summed E-state index contributed by atoms with van der Waals surface area (Å²) in [6.45, 7) is 3.34. The van der Waals surface area contributed by atoms with Crippen LogP contribution in [0, 0.1) is 6.92 Å². The van der Waals surface area contributed by atoms with Crippen molar-refractivity contribution in [2.45, 2.75) is 19.8 Å². The van der Waals surface area contributed by atoms with Gasteiger partial charge in [-0.3, -0.25) is 9.48 Å². The molecule has 2 aromatic rings. The molecule has 1 heterocycles. The number of hydrogen-bond acceptors (Lipinski definition) is 3. The van der Waals surface area contributed by atoms with Crippen LogP contribution in [-0.2, 0) is 18.3 Å². The molecule has 0 atom stereocenters. The molecule has 0 aliphatic heterocycles. The van der Waals surface area contributed by atoms with Crippen LogP contribution in [0.15, 0.2) is 36.7 Å². The first-order valence-electron chi connectivity index (χ1n) is 7.06. The fourth-order valence-corrected chi connectivity index (χ4v) is 2.37. The van der Waals surface area contributed by atoms with Crippen LogP contribution in [-0.4, -0.2) is 33.9 Å². The van der Waals surface area contributed by atoms with Crippen molar-refractivity contribution in [2.24, 2.45) is 7.05 Å². The number of para-hydroxylation sites is 1. The Bertz CT molecular complexity index is 607. The molecule has 112 valence electrons. The molecule has 21 heavy (non-hydrogen) atoms. The highest BCUT2D eigenvalue weighted by molar-refractivity contribution is 5.68. The molecule has 0 spiro atoms. The second-order valence-corrected chi connectivity index (χ2v) is 5.19. The van der Waals surface area contributed by atoms with E-state index < -0.39 is 5.97 Å². The summed E-state index contributed by atoms with van der Waals surface area (Å²) in [5, 5.41) is 13.1. The first kappa shape index (κ1) is 15.1. The van der Waals surface area contributed by atoms with Gasteiger partial charge in [0.25, 0.3) is 0 Å². The number of anilines is 1. The molecule has 0 saturated heterocycles. The number of aryl methyl sites for hydroxylation is 2. The Kier molecular flexibility index (Phi) is 4.98. The Balaban J connectivity index is 2.08. The van der Waals surface area contributed by atoms with E-state index in [1.807, 2.05) is 50.6 Å². The zero-order chi connectivity index (χ0) is 15.2. The molecule has 1 aromatic heterocycles. The van der Waals surface area contributed by atoms with Gasteiger partial charge >= 0.3 is 5.97 Å². The minimum atomic E-state index is -0.769. The van der Waals surface area contributed by atoms with E-state index in [1.165, 1.54) is 0 Å². The number of benzene rings is 1. The van der Waals surface area contributed by atoms with Crippen LogP contribution in [0.2, 0.25) is 0 Å². The maximum Gasteiger partial charge on any atom is 0.305 e. The summed E-state index contributed by atoms with van der Waals surface area (Å²) in [5.74, 6) is -0.769. The molecular formula is C16H21N3O2. The third kappa shape index (κ3) is 4.34. The van der Waals surface area contributed by atoms with Crippen LogP contribution in [0.5, 0.6) is 0 Å². The molecule has 0 saturated carbocycles. The van der Waals surface area contributed by atoms with Crippen LogP contribution in [0.25, 0.3) is 0 Å². The van der Waals surface area contributed by atoms with E-state index >= 15 is 0 Å². The average Bonchev–Trinajstić information content (AvgIpc) is 2.85.